The molecule has 1 aliphatic rings. The Hall–Kier alpha value is -0.910. The SMILES string of the molecule is C[C@H](O)[C@@H]1CCCCN1CCS(=O)(=O)c1ccccc1. The number of rotatable bonds is 5. The van der Waals surface area contributed by atoms with Crippen molar-refractivity contribution in [2.75, 3.05) is 18.8 Å². The fourth-order valence-electron chi connectivity index (χ4n) is 2.82. The van der Waals surface area contributed by atoms with Crippen molar-refractivity contribution >= 4 is 9.84 Å². The molecule has 1 fully saturated rings. The minimum absolute atomic E-state index is 0.0923. The molecule has 1 aromatic carbocycles. The van der Waals surface area contributed by atoms with Gasteiger partial charge in [-0.15, -0.1) is 0 Å². The van der Waals surface area contributed by atoms with Gasteiger partial charge in [0.05, 0.1) is 16.8 Å². The van der Waals surface area contributed by atoms with Crippen LogP contribution in [-0.2, 0) is 9.84 Å². The number of aliphatic hydroxyl groups excluding tert-OH is 1. The van der Waals surface area contributed by atoms with Gasteiger partial charge in [0, 0.05) is 12.6 Å². The van der Waals surface area contributed by atoms with Crippen LogP contribution in [0, 0.1) is 0 Å². The van der Waals surface area contributed by atoms with Crippen LogP contribution in [0.2, 0.25) is 0 Å². The molecule has 0 unspecified atom stereocenters. The number of hydrogen-bond donors (Lipinski definition) is 1. The van der Waals surface area contributed by atoms with Crippen molar-refractivity contribution in [2.24, 2.45) is 0 Å². The molecule has 20 heavy (non-hydrogen) atoms. The summed E-state index contributed by atoms with van der Waals surface area (Å²) in [5.74, 6) is 0.111. The zero-order valence-electron chi connectivity index (χ0n) is 11.9. The highest BCUT2D eigenvalue weighted by atomic mass is 32.2. The fraction of sp³-hybridized carbons (Fsp3) is 0.600. The third-order valence-corrected chi connectivity index (χ3v) is 5.68. The largest absolute Gasteiger partial charge is 0.392 e. The van der Waals surface area contributed by atoms with Crippen LogP contribution >= 0.6 is 0 Å². The van der Waals surface area contributed by atoms with Gasteiger partial charge in [-0.05, 0) is 38.4 Å². The average Bonchev–Trinajstić information content (AvgIpc) is 2.46. The Kier molecular flexibility index (Phi) is 5.18. The van der Waals surface area contributed by atoms with Crippen LogP contribution in [0.25, 0.3) is 0 Å². The van der Waals surface area contributed by atoms with Crippen LogP contribution < -0.4 is 0 Å². The number of aliphatic hydroxyl groups is 1. The molecule has 0 amide bonds. The lowest BCUT2D eigenvalue weighted by molar-refractivity contribution is 0.0403. The fourth-order valence-corrected chi connectivity index (χ4v) is 4.11. The van der Waals surface area contributed by atoms with E-state index in [-0.39, 0.29) is 11.8 Å². The smallest absolute Gasteiger partial charge is 0.179 e. The molecule has 0 spiro atoms. The second-order valence-corrected chi connectivity index (χ2v) is 7.58. The Labute approximate surface area is 121 Å². The van der Waals surface area contributed by atoms with Crippen LogP contribution in [0.5, 0.6) is 0 Å². The first-order valence-corrected chi connectivity index (χ1v) is 8.86. The molecule has 1 saturated heterocycles. The summed E-state index contributed by atoms with van der Waals surface area (Å²) in [6, 6.07) is 8.66. The summed E-state index contributed by atoms with van der Waals surface area (Å²) >= 11 is 0. The minimum atomic E-state index is -3.23. The number of likely N-dealkylation sites (tertiary alicyclic amines) is 1. The third kappa shape index (κ3) is 3.81. The highest BCUT2D eigenvalue weighted by Gasteiger charge is 2.27. The van der Waals surface area contributed by atoms with Crippen molar-refractivity contribution in [1.29, 1.82) is 0 Å². The Morgan fingerprint density at radius 3 is 2.65 bits per heavy atom. The second kappa shape index (κ2) is 6.70. The van der Waals surface area contributed by atoms with Crippen molar-refractivity contribution < 1.29 is 13.5 Å². The number of benzene rings is 1. The number of hydrogen-bond acceptors (Lipinski definition) is 4. The quantitative estimate of drug-likeness (QED) is 0.898. The van der Waals surface area contributed by atoms with E-state index in [1.165, 1.54) is 0 Å². The summed E-state index contributed by atoms with van der Waals surface area (Å²) in [5.41, 5.74) is 0. The molecule has 1 heterocycles. The molecule has 2 atom stereocenters. The molecule has 1 N–H and O–H groups in total. The number of piperidine rings is 1. The topological polar surface area (TPSA) is 57.6 Å². The van der Waals surface area contributed by atoms with Gasteiger partial charge in [0.1, 0.15) is 0 Å². The summed E-state index contributed by atoms with van der Waals surface area (Å²) < 4.78 is 24.5. The third-order valence-electron chi connectivity index (χ3n) is 3.97. The van der Waals surface area contributed by atoms with Crippen LogP contribution in [0.1, 0.15) is 26.2 Å². The Bertz CT molecular complexity index is 513. The van der Waals surface area contributed by atoms with Gasteiger partial charge in [-0.1, -0.05) is 24.6 Å². The monoisotopic (exact) mass is 297 g/mol. The maximum atomic E-state index is 12.3. The van der Waals surface area contributed by atoms with Gasteiger partial charge < -0.3 is 5.11 Å². The maximum Gasteiger partial charge on any atom is 0.179 e. The Morgan fingerprint density at radius 1 is 1.30 bits per heavy atom. The van der Waals surface area contributed by atoms with E-state index in [2.05, 4.69) is 4.90 Å². The lowest BCUT2D eigenvalue weighted by atomic mass is 9.98. The molecule has 1 aromatic rings. The highest BCUT2D eigenvalue weighted by molar-refractivity contribution is 7.91. The summed E-state index contributed by atoms with van der Waals surface area (Å²) in [7, 11) is -3.23. The zero-order valence-corrected chi connectivity index (χ0v) is 12.7. The van der Waals surface area contributed by atoms with Gasteiger partial charge in [0.15, 0.2) is 9.84 Å². The van der Waals surface area contributed by atoms with Crippen molar-refractivity contribution in [3.05, 3.63) is 30.3 Å². The van der Waals surface area contributed by atoms with Crippen LogP contribution in [0.3, 0.4) is 0 Å². The van der Waals surface area contributed by atoms with Crippen molar-refractivity contribution in [3.8, 4) is 0 Å². The predicted molar refractivity (Wildman–Crippen MR) is 79.4 cm³/mol. The van der Waals surface area contributed by atoms with E-state index in [4.69, 9.17) is 0 Å². The van der Waals surface area contributed by atoms with E-state index in [0.29, 0.717) is 11.4 Å². The lowest BCUT2D eigenvalue weighted by Gasteiger charge is -2.37. The maximum absolute atomic E-state index is 12.3. The Balaban J connectivity index is 2.00. The van der Waals surface area contributed by atoms with E-state index in [1.807, 2.05) is 6.07 Å². The summed E-state index contributed by atoms with van der Waals surface area (Å²) in [6.07, 6.45) is 2.73. The first kappa shape index (κ1) is 15.5. The molecular weight excluding hydrogens is 274 g/mol. The lowest BCUT2D eigenvalue weighted by Crippen LogP contribution is -2.47. The molecule has 4 nitrogen and oxygen atoms in total. The molecule has 0 radical (unpaired) electrons. The van der Waals surface area contributed by atoms with E-state index in [1.54, 1.807) is 31.2 Å². The molecule has 0 aromatic heterocycles. The minimum Gasteiger partial charge on any atom is -0.392 e. The molecule has 0 bridgehead atoms. The van der Waals surface area contributed by atoms with E-state index in [9.17, 15) is 13.5 Å². The van der Waals surface area contributed by atoms with Gasteiger partial charge in [-0.2, -0.15) is 0 Å². The van der Waals surface area contributed by atoms with E-state index in [0.717, 1.165) is 25.8 Å². The van der Waals surface area contributed by atoms with Gasteiger partial charge in [-0.25, -0.2) is 8.42 Å². The standard InChI is InChI=1S/C15H23NO3S/c1-13(17)15-9-5-6-10-16(15)11-12-20(18,19)14-7-3-2-4-8-14/h2-4,7-8,13,15,17H,5-6,9-12H2,1H3/t13-,15-/m0/s1. The van der Waals surface area contributed by atoms with Gasteiger partial charge >= 0.3 is 0 Å². The molecule has 5 heteroatoms. The van der Waals surface area contributed by atoms with Crippen LogP contribution in [0.15, 0.2) is 35.2 Å². The highest BCUT2D eigenvalue weighted by Crippen LogP contribution is 2.20. The predicted octanol–water partition coefficient (Wildman–Crippen LogP) is 1.70. The number of sulfone groups is 1. The first-order valence-electron chi connectivity index (χ1n) is 7.20. The number of nitrogens with zero attached hydrogens (tertiary/aromatic N) is 1. The van der Waals surface area contributed by atoms with Crippen LogP contribution in [-0.4, -0.2) is 49.4 Å². The second-order valence-electron chi connectivity index (χ2n) is 5.47. The summed E-state index contributed by atoms with van der Waals surface area (Å²) in [6.45, 7) is 3.15. The van der Waals surface area contributed by atoms with Gasteiger partial charge in [0.2, 0.25) is 0 Å². The zero-order chi connectivity index (χ0) is 14.6. The molecule has 0 aliphatic carbocycles. The van der Waals surface area contributed by atoms with E-state index < -0.39 is 15.9 Å². The Morgan fingerprint density at radius 2 is 2.00 bits per heavy atom. The normalized spacial score (nSPS) is 22.6. The molecular formula is C15H23NO3S. The summed E-state index contributed by atoms with van der Waals surface area (Å²) in [5, 5.41) is 9.80. The van der Waals surface area contributed by atoms with E-state index >= 15 is 0 Å². The van der Waals surface area contributed by atoms with Gasteiger partial charge in [0.25, 0.3) is 0 Å². The first-order chi connectivity index (χ1) is 9.50. The molecule has 2 rings (SSSR count). The van der Waals surface area contributed by atoms with Gasteiger partial charge in [-0.3, -0.25) is 4.90 Å². The summed E-state index contributed by atoms with van der Waals surface area (Å²) in [4.78, 5) is 2.50. The molecule has 1 aliphatic heterocycles. The van der Waals surface area contributed by atoms with Crippen molar-refractivity contribution in [2.45, 2.75) is 43.2 Å². The average molecular weight is 297 g/mol. The van der Waals surface area contributed by atoms with Crippen molar-refractivity contribution in [3.63, 3.8) is 0 Å². The molecule has 0 saturated carbocycles. The van der Waals surface area contributed by atoms with Crippen LogP contribution in [0.4, 0.5) is 0 Å². The molecule has 112 valence electrons. The van der Waals surface area contributed by atoms with Crippen molar-refractivity contribution in [1.82, 2.24) is 4.90 Å².